The summed E-state index contributed by atoms with van der Waals surface area (Å²) in [7, 11) is 0. The van der Waals surface area contributed by atoms with Gasteiger partial charge in [-0.3, -0.25) is 14.5 Å². The molecule has 21 heavy (non-hydrogen) atoms. The van der Waals surface area contributed by atoms with E-state index in [-0.39, 0.29) is 18.8 Å². The number of carboxylic acids is 1. The molecule has 0 aliphatic rings. The summed E-state index contributed by atoms with van der Waals surface area (Å²) in [6.07, 6.45) is 3.38. The van der Waals surface area contributed by atoms with Crippen molar-refractivity contribution >= 4 is 5.97 Å². The molecule has 2 N–H and O–H groups in total. The molecule has 0 bridgehead atoms. The van der Waals surface area contributed by atoms with Crippen molar-refractivity contribution in [1.82, 2.24) is 9.47 Å². The Morgan fingerprint density at radius 1 is 1.38 bits per heavy atom. The summed E-state index contributed by atoms with van der Waals surface area (Å²) in [6.45, 7) is 9.91. The quantitative estimate of drug-likeness (QED) is 0.702. The van der Waals surface area contributed by atoms with E-state index in [0.717, 1.165) is 0 Å². The maximum absolute atomic E-state index is 11.7. The van der Waals surface area contributed by atoms with Crippen molar-refractivity contribution in [3.8, 4) is 5.75 Å². The molecule has 0 saturated heterocycles. The Bertz CT molecular complexity index is 594. The number of aryl methyl sites for hydroxylation is 1. The Kier molecular flexibility index (Phi) is 5.92. The van der Waals surface area contributed by atoms with Crippen LogP contribution in [0.1, 0.15) is 11.4 Å². The second kappa shape index (κ2) is 7.44. The van der Waals surface area contributed by atoms with Crippen LogP contribution in [0.4, 0.5) is 0 Å². The molecule has 0 aliphatic carbocycles. The lowest BCUT2D eigenvalue weighted by molar-refractivity contribution is -0.137. The van der Waals surface area contributed by atoms with Crippen LogP contribution in [0.5, 0.6) is 5.75 Å². The maximum Gasteiger partial charge on any atom is 0.323 e. The number of hydrogen-bond donors (Lipinski definition) is 2. The highest BCUT2D eigenvalue weighted by Gasteiger charge is 2.17. The van der Waals surface area contributed by atoms with E-state index in [9.17, 15) is 14.7 Å². The lowest BCUT2D eigenvalue weighted by Gasteiger charge is -2.23. The molecule has 114 valence electrons. The largest absolute Gasteiger partial charge is 0.503 e. The highest BCUT2D eigenvalue weighted by atomic mass is 16.4. The summed E-state index contributed by atoms with van der Waals surface area (Å²) in [5, 5.41) is 19.0. The molecule has 1 aromatic heterocycles. The van der Waals surface area contributed by atoms with Gasteiger partial charge in [0.1, 0.15) is 6.54 Å². The van der Waals surface area contributed by atoms with Gasteiger partial charge < -0.3 is 14.8 Å². The fourth-order valence-electron chi connectivity index (χ4n) is 2.12. The second-order valence-corrected chi connectivity index (χ2v) is 4.70. The SMILES string of the molecule is C=CCN(CC=C)Cc1c(O)c(=O)cc(C)n1CC(=O)O. The van der Waals surface area contributed by atoms with Gasteiger partial charge >= 0.3 is 5.97 Å². The molecule has 0 spiro atoms. The molecular weight excluding hydrogens is 272 g/mol. The maximum atomic E-state index is 11.7. The van der Waals surface area contributed by atoms with E-state index >= 15 is 0 Å². The van der Waals surface area contributed by atoms with Crippen LogP contribution in [0, 0.1) is 6.92 Å². The Balaban J connectivity index is 3.29. The van der Waals surface area contributed by atoms with Gasteiger partial charge in [-0.25, -0.2) is 0 Å². The molecular formula is C15H20N2O4. The number of rotatable bonds is 8. The van der Waals surface area contributed by atoms with Gasteiger partial charge in [0, 0.05) is 31.4 Å². The molecule has 0 atom stereocenters. The van der Waals surface area contributed by atoms with Gasteiger partial charge in [-0.1, -0.05) is 12.2 Å². The summed E-state index contributed by atoms with van der Waals surface area (Å²) in [6, 6.07) is 1.23. The Morgan fingerprint density at radius 2 is 1.95 bits per heavy atom. The van der Waals surface area contributed by atoms with Crippen LogP contribution in [0.15, 0.2) is 36.2 Å². The first-order chi connectivity index (χ1) is 9.90. The first-order valence-electron chi connectivity index (χ1n) is 6.49. The Morgan fingerprint density at radius 3 is 2.43 bits per heavy atom. The van der Waals surface area contributed by atoms with Crippen molar-refractivity contribution in [2.45, 2.75) is 20.0 Å². The van der Waals surface area contributed by atoms with Crippen molar-refractivity contribution < 1.29 is 15.0 Å². The zero-order valence-corrected chi connectivity index (χ0v) is 12.1. The van der Waals surface area contributed by atoms with Crippen molar-refractivity contribution in [3.63, 3.8) is 0 Å². The van der Waals surface area contributed by atoms with Crippen LogP contribution >= 0.6 is 0 Å². The molecule has 0 saturated carbocycles. The number of aromatic hydroxyl groups is 1. The first-order valence-corrected chi connectivity index (χ1v) is 6.49. The molecule has 0 aromatic carbocycles. The summed E-state index contributed by atoms with van der Waals surface area (Å²) in [5.41, 5.74) is 0.264. The van der Waals surface area contributed by atoms with Crippen LogP contribution < -0.4 is 5.43 Å². The molecule has 1 aromatic rings. The minimum Gasteiger partial charge on any atom is -0.503 e. The van der Waals surface area contributed by atoms with Gasteiger partial charge in [0.15, 0.2) is 5.75 Å². The monoisotopic (exact) mass is 292 g/mol. The van der Waals surface area contributed by atoms with Crippen LogP contribution in [-0.4, -0.2) is 38.7 Å². The predicted octanol–water partition coefficient (Wildman–Crippen LogP) is 1.12. The van der Waals surface area contributed by atoms with Crippen molar-refractivity contribution in [2.75, 3.05) is 13.1 Å². The highest BCUT2D eigenvalue weighted by molar-refractivity contribution is 5.67. The fraction of sp³-hybridized carbons (Fsp3) is 0.333. The van der Waals surface area contributed by atoms with E-state index in [2.05, 4.69) is 13.2 Å². The smallest absolute Gasteiger partial charge is 0.323 e. The molecule has 0 fully saturated rings. The summed E-state index contributed by atoms with van der Waals surface area (Å²) < 4.78 is 1.43. The molecule has 0 aliphatic heterocycles. The lowest BCUT2D eigenvalue weighted by Crippen LogP contribution is -2.28. The van der Waals surface area contributed by atoms with Gasteiger partial charge in [-0.15, -0.1) is 13.2 Å². The summed E-state index contributed by atoms with van der Waals surface area (Å²) >= 11 is 0. The van der Waals surface area contributed by atoms with E-state index in [4.69, 9.17) is 5.11 Å². The third-order valence-electron chi connectivity index (χ3n) is 3.04. The van der Waals surface area contributed by atoms with Crippen LogP contribution in [-0.2, 0) is 17.9 Å². The number of aromatic nitrogens is 1. The van der Waals surface area contributed by atoms with Gasteiger partial charge in [-0.05, 0) is 6.92 Å². The van der Waals surface area contributed by atoms with E-state index in [1.54, 1.807) is 19.1 Å². The fourth-order valence-corrected chi connectivity index (χ4v) is 2.12. The van der Waals surface area contributed by atoms with Gasteiger partial charge in [0.2, 0.25) is 5.43 Å². The van der Waals surface area contributed by atoms with E-state index in [1.165, 1.54) is 10.6 Å². The molecule has 1 heterocycles. The van der Waals surface area contributed by atoms with Gasteiger partial charge in [-0.2, -0.15) is 0 Å². The third kappa shape index (κ3) is 4.32. The zero-order chi connectivity index (χ0) is 16.0. The number of nitrogens with zero attached hydrogens (tertiary/aromatic N) is 2. The van der Waals surface area contributed by atoms with E-state index < -0.39 is 17.1 Å². The van der Waals surface area contributed by atoms with Crippen LogP contribution in [0.3, 0.4) is 0 Å². The first kappa shape index (κ1) is 16.7. The summed E-state index contributed by atoms with van der Waals surface area (Å²) in [5.74, 6) is -1.46. The minimum absolute atomic E-state index is 0.230. The topological polar surface area (TPSA) is 82.8 Å². The standard InChI is InChI=1S/C15H20N2O4/c1-4-6-16(7-5-2)9-12-15(21)13(18)8-11(3)17(12)10-14(19)20/h4-5,8,21H,1-2,6-7,9-10H2,3H3,(H,19,20). The molecule has 0 radical (unpaired) electrons. The minimum atomic E-state index is -1.04. The average molecular weight is 292 g/mol. The molecule has 0 amide bonds. The molecule has 6 heteroatoms. The zero-order valence-electron chi connectivity index (χ0n) is 12.1. The Labute approximate surface area is 123 Å². The van der Waals surface area contributed by atoms with Crippen LogP contribution in [0.2, 0.25) is 0 Å². The summed E-state index contributed by atoms with van der Waals surface area (Å²) in [4.78, 5) is 24.6. The number of carboxylic acid groups (broad SMARTS) is 1. The number of hydrogen-bond acceptors (Lipinski definition) is 4. The van der Waals surface area contributed by atoms with Gasteiger partial charge in [0.05, 0.1) is 5.69 Å². The van der Waals surface area contributed by atoms with E-state index in [0.29, 0.717) is 18.8 Å². The average Bonchev–Trinajstić information content (AvgIpc) is 2.40. The molecule has 1 rings (SSSR count). The number of pyridine rings is 1. The van der Waals surface area contributed by atoms with Gasteiger partial charge in [0.25, 0.3) is 0 Å². The van der Waals surface area contributed by atoms with Crippen molar-refractivity contribution in [1.29, 1.82) is 0 Å². The number of carbonyl (C=O) groups is 1. The highest BCUT2D eigenvalue weighted by Crippen LogP contribution is 2.17. The third-order valence-corrected chi connectivity index (χ3v) is 3.04. The molecule has 0 unspecified atom stereocenters. The van der Waals surface area contributed by atoms with Crippen molar-refractivity contribution in [2.24, 2.45) is 0 Å². The normalized spacial score (nSPS) is 10.6. The van der Waals surface area contributed by atoms with E-state index in [1.807, 2.05) is 4.90 Å². The molecule has 6 nitrogen and oxygen atoms in total. The number of aliphatic carboxylic acids is 1. The van der Waals surface area contributed by atoms with Crippen LogP contribution in [0.25, 0.3) is 0 Å². The Hall–Kier alpha value is -2.34. The predicted molar refractivity (Wildman–Crippen MR) is 80.4 cm³/mol. The second-order valence-electron chi connectivity index (χ2n) is 4.70. The lowest BCUT2D eigenvalue weighted by atomic mass is 10.2. The van der Waals surface area contributed by atoms with Crippen molar-refractivity contribution in [3.05, 3.63) is 53.0 Å².